The Bertz CT molecular complexity index is 864. The van der Waals surface area contributed by atoms with E-state index in [4.69, 9.17) is 18.5 Å². The molecule has 1 aliphatic rings. The minimum atomic E-state index is -5.00. The Balaban J connectivity index is 2.43. The molecule has 0 heterocycles. The molecule has 0 bridgehead atoms. The van der Waals surface area contributed by atoms with Crippen LogP contribution in [0.3, 0.4) is 0 Å². The van der Waals surface area contributed by atoms with E-state index in [1.807, 2.05) is 0 Å². The maximum atomic E-state index is 12.7. The Morgan fingerprint density at radius 3 is 1.35 bits per heavy atom. The average Bonchev–Trinajstić information content (AvgIpc) is 3.11. The van der Waals surface area contributed by atoms with Gasteiger partial charge in [-0.2, -0.15) is 0 Å². The van der Waals surface area contributed by atoms with Crippen molar-refractivity contribution in [1.29, 1.82) is 0 Å². The van der Waals surface area contributed by atoms with Crippen molar-refractivity contribution in [2.45, 2.75) is 217 Å². The van der Waals surface area contributed by atoms with E-state index in [-0.39, 0.29) is 13.0 Å². The van der Waals surface area contributed by atoms with Crippen LogP contribution in [0.4, 0.5) is 0 Å². The van der Waals surface area contributed by atoms with E-state index >= 15 is 0 Å². The van der Waals surface area contributed by atoms with Crippen LogP contribution >= 0.6 is 7.82 Å². The molecular weight excluding hydrogens is 679 g/mol. The summed E-state index contributed by atoms with van der Waals surface area (Å²) in [6.45, 7) is 4.24. The average molecular weight is 755 g/mol. The number of rotatable bonds is 34. The Hall–Kier alpha value is -0.660. The van der Waals surface area contributed by atoms with E-state index in [1.165, 1.54) is 109 Å². The van der Waals surface area contributed by atoms with Gasteiger partial charge in [-0.1, -0.05) is 155 Å². The Morgan fingerprint density at radius 2 is 0.922 bits per heavy atom. The first-order valence-electron chi connectivity index (χ1n) is 20.4. The van der Waals surface area contributed by atoms with Gasteiger partial charge in [0.1, 0.15) is 42.7 Å². The lowest BCUT2D eigenvalue weighted by atomic mass is 9.85. The second kappa shape index (κ2) is 30.6. The second-order valence-electron chi connectivity index (χ2n) is 14.5. The highest BCUT2D eigenvalue weighted by Crippen LogP contribution is 2.47. The molecule has 0 radical (unpaired) electrons. The number of phosphoric acid groups is 1. The van der Waals surface area contributed by atoms with E-state index in [2.05, 4.69) is 13.8 Å². The van der Waals surface area contributed by atoms with Gasteiger partial charge in [-0.25, -0.2) is 4.57 Å². The number of aliphatic hydroxyl groups excluding tert-OH is 5. The first kappa shape index (κ1) is 48.4. The van der Waals surface area contributed by atoms with Crippen LogP contribution in [-0.4, -0.2) is 98.9 Å². The number of carbonyl (C=O) groups excluding carboxylic acids is 1. The highest BCUT2D eigenvalue weighted by Gasteiger charge is 2.51. The third kappa shape index (κ3) is 23.7. The van der Waals surface area contributed by atoms with Crippen LogP contribution in [-0.2, 0) is 27.9 Å². The molecule has 6 unspecified atom stereocenters. The zero-order valence-corrected chi connectivity index (χ0v) is 32.8. The monoisotopic (exact) mass is 754 g/mol. The summed E-state index contributed by atoms with van der Waals surface area (Å²) in [5, 5.41) is 49.9. The van der Waals surface area contributed by atoms with Crippen LogP contribution in [0.15, 0.2) is 0 Å². The molecule has 1 rings (SSSR count). The Kier molecular flexibility index (Phi) is 29.1. The predicted octanol–water partition coefficient (Wildman–Crippen LogP) is 7.03. The fraction of sp³-hybridized carbons (Fsp3) is 0.974. The predicted molar refractivity (Wildman–Crippen MR) is 198 cm³/mol. The molecule has 304 valence electrons. The van der Waals surface area contributed by atoms with Crippen LogP contribution in [0.5, 0.6) is 0 Å². The van der Waals surface area contributed by atoms with Crippen molar-refractivity contribution in [1.82, 2.24) is 0 Å². The molecule has 0 amide bonds. The molecule has 0 aliphatic heterocycles. The minimum Gasteiger partial charge on any atom is -0.457 e. The SMILES string of the molecule is CCCCCCCCCCCCCCCCOC[C@H](COP(=O)(O)OC1C(O)C(O)C(O)[C@@H](O)C1O)OC(=O)CCCCCCCCCCCC. The summed E-state index contributed by atoms with van der Waals surface area (Å²) in [6.07, 6.45) is 16.1. The molecule has 1 fully saturated rings. The number of hydrogen-bond acceptors (Lipinski definition) is 11. The van der Waals surface area contributed by atoms with Crippen molar-refractivity contribution < 1.29 is 58.3 Å². The van der Waals surface area contributed by atoms with Crippen molar-refractivity contribution in [2.24, 2.45) is 0 Å². The quantitative estimate of drug-likeness (QED) is 0.0224. The van der Waals surface area contributed by atoms with Gasteiger partial charge in [0.15, 0.2) is 0 Å². The van der Waals surface area contributed by atoms with Crippen molar-refractivity contribution in [3.8, 4) is 0 Å². The van der Waals surface area contributed by atoms with Gasteiger partial charge in [0.05, 0.1) is 13.2 Å². The number of hydrogen-bond donors (Lipinski definition) is 6. The van der Waals surface area contributed by atoms with Gasteiger partial charge in [0.2, 0.25) is 0 Å². The highest BCUT2D eigenvalue weighted by atomic mass is 31.2. The molecule has 1 aliphatic carbocycles. The molecule has 12 nitrogen and oxygen atoms in total. The van der Waals surface area contributed by atoms with Crippen molar-refractivity contribution >= 4 is 13.8 Å². The Labute approximate surface area is 308 Å². The lowest BCUT2D eigenvalue weighted by molar-refractivity contribution is -0.220. The highest BCUT2D eigenvalue weighted by molar-refractivity contribution is 7.47. The van der Waals surface area contributed by atoms with Gasteiger partial charge in [0, 0.05) is 13.0 Å². The number of carbonyl (C=O) groups is 1. The fourth-order valence-electron chi connectivity index (χ4n) is 6.41. The summed E-state index contributed by atoms with van der Waals surface area (Å²) in [4.78, 5) is 23.0. The zero-order chi connectivity index (χ0) is 37.7. The molecule has 8 atom stereocenters. The van der Waals surface area contributed by atoms with Gasteiger partial charge in [-0.3, -0.25) is 13.8 Å². The zero-order valence-electron chi connectivity index (χ0n) is 31.9. The third-order valence-corrected chi connectivity index (χ3v) is 10.7. The van der Waals surface area contributed by atoms with E-state index < -0.39 is 63.1 Å². The number of unbranched alkanes of at least 4 members (excludes halogenated alkanes) is 22. The normalized spacial score (nSPS) is 24.0. The number of aliphatic hydroxyl groups is 5. The summed E-state index contributed by atoms with van der Waals surface area (Å²) >= 11 is 0. The maximum Gasteiger partial charge on any atom is 0.472 e. The molecule has 51 heavy (non-hydrogen) atoms. The molecule has 13 heteroatoms. The smallest absolute Gasteiger partial charge is 0.457 e. The number of ether oxygens (including phenoxy) is 2. The largest absolute Gasteiger partial charge is 0.472 e. The fourth-order valence-corrected chi connectivity index (χ4v) is 7.39. The van der Waals surface area contributed by atoms with E-state index in [0.717, 1.165) is 38.5 Å². The van der Waals surface area contributed by atoms with Crippen LogP contribution in [0.25, 0.3) is 0 Å². The molecule has 0 aromatic heterocycles. The molecular formula is C38H75O12P. The molecule has 1 saturated carbocycles. The molecule has 0 spiro atoms. The van der Waals surface area contributed by atoms with E-state index in [0.29, 0.717) is 13.0 Å². The number of phosphoric ester groups is 1. The van der Waals surface area contributed by atoms with Gasteiger partial charge in [-0.15, -0.1) is 0 Å². The van der Waals surface area contributed by atoms with Crippen LogP contribution in [0.1, 0.15) is 174 Å². The van der Waals surface area contributed by atoms with Crippen LogP contribution in [0, 0.1) is 0 Å². The lowest BCUT2D eigenvalue weighted by Crippen LogP contribution is -2.64. The van der Waals surface area contributed by atoms with Crippen LogP contribution < -0.4 is 0 Å². The third-order valence-electron chi connectivity index (χ3n) is 9.73. The van der Waals surface area contributed by atoms with E-state index in [1.54, 1.807) is 0 Å². The summed E-state index contributed by atoms with van der Waals surface area (Å²) in [7, 11) is -5.00. The summed E-state index contributed by atoms with van der Waals surface area (Å²) in [5.74, 6) is -0.477. The van der Waals surface area contributed by atoms with Crippen molar-refractivity contribution in [2.75, 3.05) is 19.8 Å². The molecule has 0 saturated heterocycles. The summed E-state index contributed by atoms with van der Waals surface area (Å²) in [6, 6.07) is 0. The van der Waals surface area contributed by atoms with E-state index in [9.17, 15) is 39.8 Å². The standard InChI is InChI=1S/C38H75O12P/c1-3-5-7-9-11-13-15-16-17-18-20-22-24-26-28-47-29-31(49-32(39)27-25-23-21-19-14-12-10-8-6-4-2)30-48-51(45,46)50-38-36(43)34(41)33(40)35(42)37(38)44/h31,33-38,40-44H,3-30H2,1-2H3,(H,45,46)/t31-,33?,34-,35?,36?,37?,38?/m1/s1. The van der Waals surface area contributed by atoms with Crippen molar-refractivity contribution in [3.63, 3.8) is 0 Å². The maximum absolute atomic E-state index is 12.7. The van der Waals surface area contributed by atoms with Crippen molar-refractivity contribution in [3.05, 3.63) is 0 Å². The summed E-state index contributed by atoms with van der Waals surface area (Å²) in [5.41, 5.74) is 0. The lowest BCUT2D eigenvalue weighted by Gasteiger charge is -2.41. The second-order valence-corrected chi connectivity index (χ2v) is 15.9. The number of esters is 1. The topological polar surface area (TPSA) is 192 Å². The van der Waals surface area contributed by atoms with Gasteiger partial charge in [0.25, 0.3) is 0 Å². The minimum absolute atomic E-state index is 0.0689. The Morgan fingerprint density at radius 1 is 0.549 bits per heavy atom. The first-order chi connectivity index (χ1) is 24.5. The molecule has 0 aromatic carbocycles. The first-order valence-corrected chi connectivity index (χ1v) is 21.9. The van der Waals surface area contributed by atoms with Gasteiger partial charge >= 0.3 is 13.8 Å². The summed E-state index contributed by atoms with van der Waals surface area (Å²) < 4.78 is 34.0. The van der Waals surface area contributed by atoms with Crippen LogP contribution in [0.2, 0.25) is 0 Å². The van der Waals surface area contributed by atoms with Gasteiger partial charge in [-0.05, 0) is 12.8 Å². The molecule has 6 N–H and O–H groups in total. The molecule has 0 aromatic rings. The van der Waals surface area contributed by atoms with Gasteiger partial charge < -0.3 is 39.9 Å².